The molecule has 134 valence electrons. The maximum Gasteiger partial charge on any atom is 0.317 e. The summed E-state index contributed by atoms with van der Waals surface area (Å²) in [5.74, 6) is 1.46. The number of nitrogens with one attached hydrogen (secondary N) is 1. The van der Waals surface area contributed by atoms with Crippen molar-refractivity contribution >= 4 is 6.03 Å². The molecule has 0 saturated carbocycles. The van der Waals surface area contributed by atoms with Gasteiger partial charge in [-0.15, -0.1) is 0 Å². The van der Waals surface area contributed by atoms with E-state index in [9.17, 15) is 4.79 Å². The van der Waals surface area contributed by atoms with E-state index in [1.165, 1.54) is 5.56 Å². The largest absolute Gasteiger partial charge is 0.488 e. The van der Waals surface area contributed by atoms with Gasteiger partial charge in [0.05, 0.1) is 25.1 Å². The second-order valence-corrected chi connectivity index (χ2v) is 7.02. The molecule has 0 saturated heterocycles. The lowest BCUT2D eigenvalue weighted by atomic mass is 10.1. The first-order valence-corrected chi connectivity index (χ1v) is 8.75. The van der Waals surface area contributed by atoms with Crippen molar-refractivity contribution in [1.29, 1.82) is 0 Å². The lowest BCUT2D eigenvalue weighted by molar-refractivity contribution is 0.164. The van der Waals surface area contributed by atoms with E-state index in [0.717, 1.165) is 24.4 Å². The molecule has 2 aromatic rings. The molecule has 2 amide bonds. The number of likely N-dealkylation sites (N-methyl/N-ethyl adjacent to an activating group) is 1. The number of para-hydroxylation sites is 1. The van der Waals surface area contributed by atoms with Crippen LogP contribution < -0.4 is 10.1 Å². The Kier molecular flexibility index (Phi) is 5.26. The van der Waals surface area contributed by atoms with Gasteiger partial charge in [0, 0.05) is 26.2 Å². The molecule has 1 unspecified atom stereocenters. The molecule has 0 spiro atoms. The lowest BCUT2D eigenvalue weighted by Crippen LogP contribution is -2.42. The van der Waals surface area contributed by atoms with Crippen molar-refractivity contribution in [2.24, 2.45) is 5.92 Å². The van der Waals surface area contributed by atoms with Crippen molar-refractivity contribution in [3.05, 3.63) is 48.0 Å². The fraction of sp³-hybridized carbons (Fsp3) is 0.474. The predicted octanol–water partition coefficient (Wildman–Crippen LogP) is 2.68. The fourth-order valence-corrected chi connectivity index (χ4v) is 3.10. The summed E-state index contributed by atoms with van der Waals surface area (Å²) in [6, 6.07) is 7.94. The molecule has 6 nitrogen and oxygen atoms in total. The molecule has 0 aliphatic carbocycles. The van der Waals surface area contributed by atoms with E-state index in [2.05, 4.69) is 34.8 Å². The number of amides is 2. The summed E-state index contributed by atoms with van der Waals surface area (Å²) in [6.45, 7) is 6.26. The fourth-order valence-electron chi connectivity index (χ4n) is 3.10. The van der Waals surface area contributed by atoms with E-state index >= 15 is 0 Å². The first kappa shape index (κ1) is 17.3. The minimum atomic E-state index is -0.100. The van der Waals surface area contributed by atoms with Gasteiger partial charge in [-0.05, 0) is 17.5 Å². The zero-order valence-corrected chi connectivity index (χ0v) is 15.1. The van der Waals surface area contributed by atoms with Crippen LogP contribution in [0.25, 0.3) is 0 Å². The summed E-state index contributed by atoms with van der Waals surface area (Å²) >= 11 is 0. The first-order chi connectivity index (χ1) is 12.0. The van der Waals surface area contributed by atoms with Crippen molar-refractivity contribution in [3.8, 4) is 5.75 Å². The van der Waals surface area contributed by atoms with Crippen molar-refractivity contribution in [3.63, 3.8) is 0 Å². The topological polar surface area (TPSA) is 59.4 Å². The molecule has 1 atom stereocenters. The van der Waals surface area contributed by atoms with Crippen LogP contribution >= 0.6 is 0 Å². The normalized spacial score (nSPS) is 15.8. The van der Waals surface area contributed by atoms with Crippen LogP contribution in [0.2, 0.25) is 0 Å². The molecule has 1 aromatic heterocycles. The van der Waals surface area contributed by atoms with Crippen molar-refractivity contribution in [2.45, 2.75) is 39.5 Å². The minimum Gasteiger partial charge on any atom is -0.488 e. The molecule has 1 aromatic carbocycles. The standard InChI is InChI=1S/C19H26N4O2/c1-14(2)11-23-13-20-9-16(23)10-21-19(24)22(3)12-17-8-15-6-4-5-7-18(15)25-17/h4-7,9,13-14,17H,8,10-12H2,1-3H3,(H,21,24). The number of imidazole rings is 1. The third kappa shape index (κ3) is 4.32. The Hall–Kier alpha value is -2.50. The van der Waals surface area contributed by atoms with Gasteiger partial charge in [0.2, 0.25) is 0 Å². The van der Waals surface area contributed by atoms with Crippen LogP contribution in [0, 0.1) is 5.92 Å². The Morgan fingerprint density at radius 1 is 1.44 bits per heavy atom. The number of carbonyl (C=O) groups excluding carboxylic acids is 1. The number of nitrogens with zero attached hydrogens (tertiary/aromatic N) is 3. The summed E-state index contributed by atoms with van der Waals surface area (Å²) in [6.07, 6.45) is 4.47. The van der Waals surface area contributed by atoms with Gasteiger partial charge < -0.3 is 19.5 Å². The van der Waals surface area contributed by atoms with Gasteiger partial charge in [-0.1, -0.05) is 32.0 Å². The summed E-state index contributed by atoms with van der Waals surface area (Å²) in [4.78, 5) is 18.2. The van der Waals surface area contributed by atoms with Crippen LogP contribution in [0.15, 0.2) is 36.8 Å². The zero-order valence-electron chi connectivity index (χ0n) is 15.1. The molecular weight excluding hydrogens is 316 g/mol. The zero-order chi connectivity index (χ0) is 17.8. The molecule has 2 heterocycles. The van der Waals surface area contributed by atoms with Gasteiger partial charge in [0.25, 0.3) is 0 Å². The van der Waals surface area contributed by atoms with Crippen LogP contribution in [0.4, 0.5) is 4.79 Å². The number of ether oxygens (including phenoxy) is 1. The Morgan fingerprint density at radius 3 is 3.00 bits per heavy atom. The van der Waals surface area contributed by atoms with E-state index in [1.54, 1.807) is 18.1 Å². The molecule has 1 aliphatic heterocycles. The number of benzene rings is 1. The second kappa shape index (κ2) is 7.59. The number of hydrogen-bond donors (Lipinski definition) is 1. The molecule has 3 rings (SSSR count). The van der Waals surface area contributed by atoms with Crippen LogP contribution in [0.5, 0.6) is 5.75 Å². The number of aromatic nitrogens is 2. The van der Waals surface area contributed by atoms with Gasteiger partial charge in [0.1, 0.15) is 11.9 Å². The SMILES string of the molecule is CC(C)Cn1cncc1CNC(=O)N(C)CC1Cc2ccccc2O1. The van der Waals surface area contributed by atoms with Crippen molar-refractivity contribution in [1.82, 2.24) is 19.8 Å². The van der Waals surface area contributed by atoms with Crippen LogP contribution in [-0.2, 0) is 19.5 Å². The molecule has 0 bridgehead atoms. The highest BCUT2D eigenvalue weighted by molar-refractivity contribution is 5.73. The van der Waals surface area contributed by atoms with E-state index in [1.807, 2.05) is 24.5 Å². The van der Waals surface area contributed by atoms with E-state index in [4.69, 9.17) is 4.74 Å². The lowest BCUT2D eigenvalue weighted by Gasteiger charge is -2.21. The van der Waals surface area contributed by atoms with E-state index in [0.29, 0.717) is 19.0 Å². The maximum absolute atomic E-state index is 12.4. The van der Waals surface area contributed by atoms with Gasteiger partial charge in [0.15, 0.2) is 0 Å². The minimum absolute atomic E-state index is 0.0135. The number of carbonyl (C=O) groups is 1. The van der Waals surface area contributed by atoms with E-state index in [-0.39, 0.29) is 12.1 Å². The predicted molar refractivity (Wildman–Crippen MR) is 96.5 cm³/mol. The molecule has 6 heteroatoms. The molecule has 25 heavy (non-hydrogen) atoms. The molecule has 1 N–H and O–H groups in total. The highest BCUT2D eigenvalue weighted by Crippen LogP contribution is 2.28. The average molecular weight is 342 g/mol. The van der Waals surface area contributed by atoms with Gasteiger partial charge in [-0.25, -0.2) is 9.78 Å². The number of fused-ring (bicyclic) bond motifs is 1. The Labute approximate surface area is 148 Å². The highest BCUT2D eigenvalue weighted by atomic mass is 16.5. The van der Waals surface area contributed by atoms with Crippen molar-refractivity contribution < 1.29 is 9.53 Å². The summed E-state index contributed by atoms with van der Waals surface area (Å²) in [5, 5.41) is 2.96. The van der Waals surface area contributed by atoms with Crippen molar-refractivity contribution in [2.75, 3.05) is 13.6 Å². The summed E-state index contributed by atoms with van der Waals surface area (Å²) in [7, 11) is 1.80. The van der Waals surface area contributed by atoms with Gasteiger partial charge >= 0.3 is 6.03 Å². The maximum atomic E-state index is 12.4. The summed E-state index contributed by atoms with van der Waals surface area (Å²) in [5.41, 5.74) is 2.22. The van der Waals surface area contributed by atoms with Crippen LogP contribution in [0.1, 0.15) is 25.1 Å². The Morgan fingerprint density at radius 2 is 2.24 bits per heavy atom. The quantitative estimate of drug-likeness (QED) is 0.878. The van der Waals surface area contributed by atoms with Crippen LogP contribution in [-0.4, -0.2) is 40.2 Å². The second-order valence-electron chi connectivity index (χ2n) is 7.02. The number of urea groups is 1. The Bertz CT molecular complexity index is 701. The number of hydrogen-bond acceptors (Lipinski definition) is 3. The monoisotopic (exact) mass is 342 g/mol. The van der Waals surface area contributed by atoms with E-state index < -0.39 is 0 Å². The van der Waals surface area contributed by atoms with Crippen LogP contribution in [0.3, 0.4) is 0 Å². The third-order valence-electron chi connectivity index (χ3n) is 4.32. The number of rotatable bonds is 6. The molecule has 0 fully saturated rings. The molecule has 0 radical (unpaired) electrons. The average Bonchev–Trinajstić information content (AvgIpc) is 3.17. The van der Waals surface area contributed by atoms with Gasteiger partial charge in [-0.2, -0.15) is 0 Å². The molecular formula is C19H26N4O2. The van der Waals surface area contributed by atoms with Gasteiger partial charge in [-0.3, -0.25) is 0 Å². The smallest absolute Gasteiger partial charge is 0.317 e. The first-order valence-electron chi connectivity index (χ1n) is 8.75. The third-order valence-corrected chi connectivity index (χ3v) is 4.32. The Balaban J connectivity index is 1.48. The molecule has 1 aliphatic rings. The summed E-state index contributed by atoms with van der Waals surface area (Å²) < 4.78 is 7.99. The highest BCUT2D eigenvalue weighted by Gasteiger charge is 2.25.